The van der Waals surface area contributed by atoms with Gasteiger partial charge in [0.1, 0.15) is 12.4 Å². The smallest absolute Gasteiger partial charge is 0.226 e. The number of nitrogens with two attached hydrogens (primary N) is 1. The molecule has 1 atom stereocenters. The van der Waals surface area contributed by atoms with Crippen LogP contribution in [0.25, 0.3) is 0 Å². The number of hydrogen-bond donors (Lipinski definition) is 3. The lowest BCUT2D eigenvalue weighted by Crippen LogP contribution is -2.38. The summed E-state index contributed by atoms with van der Waals surface area (Å²) in [4.78, 5) is 24.1. The third-order valence-electron chi connectivity index (χ3n) is 4.13. The average molecular weight is 370 g/mol. The lowest BCUT2D eigenvalue weighted by molar-refractivity contribution is -0.125. The van der Waals surface area contributed by atoms with Gasteiger partial charge in [0.2, 0.25) is 11.8 Å². The molecule has 7 heteroatoms. The van der Waals surface area contributed by atoms with E-state index in [1.54, 1.807) is 24.3 Å². The van der Waals surface area contributed by atoms with E-state index in [1.807, 2.05) is 6.92 Å². The molecular formula is C18H28ClN3O3. The second-order valence-electron chi connectivity index (χ2n) is 6.30. The molecule has 1 fully saturated rings. The van der Waals surface area contributed by atoms with E-state index >= 15 is 0 Å². The summed E-state index contributed by atoms with van der Waals surface area (Å²) < 4.78 is 5.39. The molecule has 1 saturated carbocycles. The van der Waals surface area contributed by atoms with E-state index < -0.39 is 0 Å². The van der Waals surface area contributed by atoms with E-state index in [0.29, 0.717) is 18.8 Å². The van der Waals surface area contributed by atoms with Gasteiger partial charge in [-0.1, -0.05) is 12.8 Å². The number of rotatable bonds is 8. The Balaban J connectivity index is 0.00000312. The summed E-state index contributed by atoms with van der Waals surface area (Å²) in [6, 6.07) is 6.97. The van der Waals surface area contributed by atoms with Crippen LogP contribution in [0.5, 0.6) is 5.75 Å². The fourth-order valence-electron chi connectivity index (χ4n) is 2.90. The van der Waals surface area contributed by atoms with Crippen molar-refractivity contribution in [2.45, 2.75) is 45.1 Å². The second kappa shape index (κ2) is 10.9. The molecule has 25 heavy (non-hydrogen) atoms. The topological polar surface area (TPSA) is 93.4 Å². The Bertz CT molecular complexity index is 545. The van der Waals surface area contributed by atoms with Crippen LogP contribution in [0.4, 0.5) is 5.69 Å². The highest BCUT2D eigenvalue weighted by Crippen LogP contribution is 2.24. The highest BCUT2D eigenvalue weighted by Gasteiger charge is 2.24. The van der Waals surface area contributed by atoms with Crippen LogP contribution >= 0.6 is 12.4 Å². The number of carbonyl (C=O) groups excluding carboxylic acids is 2. The van der Waals surface area contributed by atoms with Gasteiger partial charge < -0.3 is 21.1 Å². The molecule has 0 bridgehead atoms. The Hall–Kier alpha value is -1.79. The third kappa shape index (κ3) is 7.32. The lowest BCUT2D eigenvalue weighted by Gasteiger charge is -2.17. The van der Waals surface area contributed by atoms with Gasteiger partial charge in [-0.15, -0.1) is 12.4 Å². The number of amides is 2. The molecule has 1 aromatic rings. The van der Waals surface area contributed by atoms with Crippen molar-refractivity contribution >= 4 is 29.9 Å². The van der Waals surface area contributed by atoms with Gasteiger partial charge in [-0.25, -0.2) is 0 Å². The summed E-state index contributed by atoms with van der Waals surface area (Å²) in [6.07, 6.45) is 4.42. The number of carbonyl (C=O) groups is 2. The first-order valence-electron chi connectivity index (χ1n) is 8.61. The largest absolute Gasteiger partial charge is 0.492 e. The molecule has 0 aliphatic heterocycles. The number of halogens is 1. The number of benzene rings is 1. The molecular weight excluding hydrogens is 342 g/mol. The van der Waals surface area contributed by atoms with Crippen LogP contribution in [0.3, 0.4) is 0 Å². The summed E-state index contributed by atoms with van der Waals surface area (Å²) in [5.74, 6) is 0.797. The summed E-state index contributed by atoms with van der Waals surface area (Å²) in [6.45, 7) is 2.78. The van der Waals surface area contributed by atoms with Gasteiger partial charge in [-0.3, -0.25) is 9.59 Å². The molecule has 0 heterocycles. The molecule has 2 amide bonds. The lowest BCUT2D eigenvalue weighted by atomic mass is 10.1. The van der Waals surface area contributed by atoms with Gasteiger partial charge in [0.15, 0.2) is 0 Å². The highest BCUT2D eigenvalue weighted by atomic mass is 35.5. The first-order chi connectivity index (χ1) is 11.6. The Kier molecular flexibility index (Phi) is 9.31. The minimum Gasteiger partial charge on any atom is -0.492 e. The number of anilines is 1. The van der Waals surface area contributed by atoms with Crippen molar-refractivity contribution in [1.82, 2.24) is 5.32 Å². The number of nitrogens with one attached hydrogen (secondary N) is 2. The normalized spacial score (nSPS) is 15.1. The van der Waals surface area contributed by atoms with Crippen LogP contribution in [-0.4, -0.2) is 31.0 Å². The minimum atomic E-state index is -0.176. The van der Waals surface area contributed by atoms with Gasteiger partial charge >= 0.3 is 0 Å². The predicted octanol–water partition coefficient (Wildman–Crippen LogP) is 2.47. The summed E-state index contributed by atoms with van der Waals surface area (Å²) in [5.41, 5.74) is 6.08. The van der Waals surface area contributed by atoms with E-state index in [-0.39, 0.29) is 42.6 Å². The zero-order chi connectivity index (χ0) is 17.4. The Morgan fingerprint density at radius 3 is 2.48 bits per heavy atom. The van der Waals surface area contributed by atoms with Crippen molar-refractivity contribution in [3.05, 3.63) is 24.3 Å². The molecule has 1 unspecified atom stereocenters. The molecule has 1 aliphatic carbocycles. The Morgan fingerprint density at radius 1 is 1.24 bits per heavy atom. The minimum absolute atomic E-state index is 0. The van der Waals surface area contributed by atoms with Crippen molar-refractivity contribution in [1.29, 1.82) is 0 Å². The van der Waals surface area contributed by atoms with Crippen molar-refractivity contribution in [2.24, 2.45) is 11.7 Å². The van der Waals surface area contributed by atoms with Gasteiger partial charge in [0, 0.05) is 30.6 Å². The van der Waals surface area contributed by atoms with Crippen LogP contribution in [-0.2, 0) is 9.59 Å². The molecule has 140 valence electrons. The van der Waals surface area contributed by atoms with Gasteiger partial charge in [0.05, 0.1) is 0 Å². The number of hydrogen-bond acceptors (Lipinski definition) is 4. The maximum absolute atomic E-state index is 12.1. The Morgan fingerprint density at radius 2 is 1.88 bits per heavy atom. The molecule has 4 N–H and O–H groups in total. The van der Waals surface area contributed by atoms with Crippen molar-refractivity contribution in [2.75, 3.05) is 18.5 Å². The predicted molar refractivity (Wildman–Crippen MR) is 101 cm³/mol. The van der Waals surface area contributed by atoms with Crippen LogP contribution < -0.4 is 21.1 Å². The summed E-state index contributed by atoms with van der Waals surface area (Å²) in [7, 11) is 0. The van der Waals surface area contributed by atoms with Crippen LogP contribution in [0.2, 0.25) is 0 Å². The van der Waals surface area contributed by atoms with Gasteiger partial charge in [-0.2, -0.15) is 0 Å². The first kappa shape index (κ1) is 21.3. The third-order valence-corrected chi connectivity index (χ3v) is 4.13. The monoisotopic (exact) mass is 369 g/mol. The molecule has 0 aromatic heterocycles. The van der Waals surface area contributed by atoms with E-state index in [2.05, 4.69) is 10.6 Å². The zero-order valence-corrected chi connectivity index (χ0v) is 15.4. The van der Waals surface area contributed by atoms with Crippen LogP contribution in [0, 0.1) is 5.92 Å². The quantitative estimate of drug-likeness (QED) is 0.656. The van der Waals surface area contributed by atoms with Crippen LogP contribution in [0.15, 0.2) is 24.3 Å². The van der Waals surface area contributed by atoms with E-state index in [1.165, 1.54) is 0 Å². The SMILES string of the molecule is CC(CC(=O)Nc1ccc(OCCN)cc1)NC(=O)C1CCCC1.Cl. The highest BCUT2D eigenvalue weighted by molar-refractivity contribution is 5.91. The van der Waals surface area contributed by atoms with Crippen LogP contribution in [0.1, 0.15) is 39.0 Å². The molecule has 2 rings (SSSR count). The maximum atomic E-state index is 12.1. The molecule has 6 nitrogen and oxygen atoms in total. The molecule has 0 radical (unpaired) electrons. The van der Waals surface area contributed by atoms with Crippen molar-refractivity contribution in [3.63, 3.8) is 0 Å². The van der Waals surface area contributed by atoms with Gasteiger partial charge in [-0.05, 0) is 44.0 Å². The second-order valence-corrected chi connectivity index (χ2v) is 6.30. The fraction of sp³-hybridized carbons (Fsp3) is 0.556. The van der Waals surface area contributed by atoms with Crippen molar-refractivity contribution < 1.29 is 14.3 Å². The van der Waals surface area contributed by atoms with Gasteiger partial charge in [0.25, 0.3) is 0 Å². The zero-order valence-electron chi connectivity index (χ0n) is 14.6. The fourth-order valence-corrected chi connectivity index (χ4v) is 2.90. The maximum Gasteiger partial charge on any atom is 0.226 e. The Labute approximate surface area is 155 Å². The molecule has 1 aromatic carbocycles. The van der Waals surface area contributed by atoms with Crippen molar-refractivity contribution in [3.8, 4) is 5.75 Å². The first-order valence-corrected chi connectivity index (χ1v) is 8.61. The number of ether oxygens (including phenoxy) is 1. The molecule has 0 saturated heterocycles. The van der Waals surface area contributed by atoms with E-state index in [0.717, 1.165) is 31.4 Å². The summed E-state index contributed by atoms with van der Waals surface area (Å²) >= 11 is 0. The average Bonchev–Trinajstić information content (AvgIpc) is 3.08. The standard InChI is InChI=1S/C18H27N3O3.ClH/c1-13(20-18(23)14-4-2-3-5-14)12-17(22)21-15-6-8-16(9-7-15)24-11-10-19;/h6-9,13-14H,2-5,10-12,19H2,1H3,(H,20,23)(H,21,22);1H. The molecule has 0 spiro atoms. The summed E-state index contributed by atoms with van der Waals surface area (Å²) in [5, 5.41) is 5.77. The van der Waals surface area contributed by atoms with E-state index in [4.69, 9.17) is 10.5 Å². The van der Waals surface area contributed by atoms with E-state index in [9.17, 15) is 9.59 Å². The molecule has 1 aliphatic rings.